The molecule has 3 rings (SSSR count). The molecule has 0 radical (unpaired) electrons. The van der Waals surface area contributed by atoms with Gasteiger partial charge in [-0.1, -0.05) is 37.1 Å². The molecule has 1 nitrogen and oxygen atoms in total. The van der Waals surface area contributed by atoms with Gasteiger partial charge in [0.05, 0.1) is 5.54 Å². The summed E-state index contributed by atoms with van der Waals surface area (Å²) in [6.45, 7) is 11.9. The predicted molar refractivity (Wildman–Crippen MR) is 94.0 cm³/mol. The summed E-state index contributed by atoms with van der Waals surface area (Å²) in [5.74, 6) is 4.87. The molecule has 0 spiro atoms. The second-order valence-corrected chi connectivity index (χ2v) is 8.78. The van der Waals surface area contributed by atoms with Crippen LogP contribution in [0.15, 0.2) is 23.3 Å². The molecule has 0 aromatic rings. The predicted octanol–water partition coefficient (Wildman–Crippen LogP) is 4.33. The monoisotopic (exact) mass is 301 g/mol. The van der Waals surface area contributed by atoms with E-state index in [1.807, 2.05) is 0 Å². The van der Waals surface area contributed by atoms with E-state index in [-0.39, 0.29) is 0 Å². The molecule has 2 N–H and O–H groups in total. The van der Waals surface area contributed by atoms with Crippen molar-refractivity contribution in [1.29, 1.82) is 0 Å². The molecule has 1 heteroatoms. The highest BCUT2D eigenvalue weighted by Crippen LogP contribution is 2.58. The highest BCUT2D eigenvalue weighted by atomic mass is 15.0. The van der Waals surface area contributed by atoms with Gasteiger partial charge in [0.1, 0.15) is 0 Å². The molecule has 0 unspecified atom stereocenters. The molecule has 2 saturated carbocycles. The smallest absolute Gasteiger partial charge is 0.0821 e. The first-order valence-electron chi connectivity index (χ1n) is 9.36. The molecule has 22 heavy (non-hydrogen) atoms. The van der Waals surface area contributed by atoms with Crippen molar-refractivity contribution in [2.24, 2.45) is 35.5 Å². The first kappa shape index (κ1) is 16.3. The Hall–Kier alpha value is -0.560. The quantitative estimate of drug-likeness (QED) is 0.577. The van der Waals surface area contributed by atoms with Gasteiger partial charge in [0.25, 0.3) is 0 Å². The van der Waals surface area contributed by atoms with Gasteiger partial charge < -0.3 is 5.32 Å². The van der Waals surface area contributed by atoms with Gasteiger partial charge in [-0.05, 0) is 63.7 Å². The summed E-state index contributed by atoms with van der Waals surface area (Å²) in [5, 5.41) is 2.36. The lowest BCUT2D eigenvalue weighted by Crippen LogP contribution is -2.97. The molecule has 3 aliphatic rings. The van der Waals surface area contributed by atoms with Crippen LogP contribution >= 0.6 is 0 Å². The van der Waals surface area contributed by atoms with E-state index in [1.165, 1.54) is 31.3 Å². The summed E-state index contributed by atoms with van der Waals surface area (Å²) < 4.78 is 0. The van der Waals surface area contributed by atoms with E-state index in [1.54, 1.807) is 5.57 Å². The first-order valence-corrected chi connectivity index (χ1v) is 9.36. The van der Waals surface area contributed by atoms with Crippen molar-refractivity contribution < 1.29 is 5.32 Å². The van der Waals surface area contributed by atoms with Gasteiger partial charge in [0.15, 0.2) is 0 Å². The largest absolute Gasteiger partial charge is 0.473 e. The number of hydrogen-bond acceptors (Lipinski definition) is 0. The summed E-state index contributed by atoms with van der Waals surface area (Å²) in [6.07, 6.45) is 10.6. The second kappa shape index (κ2) is 5.82. The second-order valence-electron chi connectivity index (χ2n) is 8.78. The molecule has 0 saturated heterocycles. The minimum atomic E-state index is 0.357. The number of nitrogens with two attached hydrogens (primary N) is 1. The fraction of sp³-hybridized carbons (Fsp3) is 0.762. The van der Waals surface area contributed by atoms with E-state index in [0.29, 0.717) is 5.54 Å². The summed E-state index contributed by atoms with van der Waals surface area (Å²) >= 11 is 0. The Balaban J connectivity index is 2.09. The van der Waals surface area contributed by atoms with Crippen LogP contribution in [0.5, 0.6) is 0 Å². The van der Waals surface area contributed by atoms with Crippen LogP contribution in [0, 0.1) is 42.6 Å². The van der Waals surface area contributed by atoms with Gasteiger partial charge in [0, 0.05) is 18.3 Å². The lowest BCUT2D eigenvalue weighted by atomic mass is 9.46. The maximum atomic E-state index is 4.33. The van der Waals surface area contributed by atoms with E-state index < -0.39 is 0 Å². The average molecular weight is 302 g/mol. The third-order valence-corrected chi connectivity index (χ3v) is 7.39. The van der Waals surface area contributed by atoms with Crippen LogP contribution in [0.1, 0.15) is 60.3 Å². The number of allylic oxidation sites excluding steroid dienone is 3. The standard InChI is InChI=1S/C21H35N/c1-13(2)11-17-12-15(4)18-8-7-16(5)21(22-6)10-9-14(3)19(17)20(18)21/h9,11,15-20H,6-8,10,12,22H2,1-5H3/t15-,16-,17+,18+,19-,20-,21-/m0/s1. The Morgan fingerprint density at radius 3 is 2.68 bits per heavy atom. The molecule has 0 aromatic heterocycles. The zero-order valence-corrected chi connectivity index (χ0v) is 15.2. The summed E-state index contributed by atoms with van der Waals surface area (Å²) in [7, 11) is 4.33. The third-order valence-electron chi connectivity index (χ3n) is 7.39. The van der Waals surface area contributed by atoms with E-state index in [9.17, 15) is 0 Å². The van der Waals surface area contributed by atoms with Gasteiger partial charge in [0.2, 0.25) is 0 Å². The summed E-state index contributed by atoms with van der Waals surface area (Å²) in [6, 6.07) is 0. The SMILES string of the molecule is [CH2-][NH2+][C@]12CC=C(C)[C@@H]3[C@@H]1[C@H](CC[C@@H]2C)[C@@H](C)C[C@H]3C=C(C)C. The molecule has 7 atom stereocenters. The Morgan fingerprint density at radius 2 is 2.05 bits per heavy atom. The van der Waals surface area contributed by atoms with Crippen molar-refractivity contribution in [3.05, 3.63) is 30.3 Å². The fourth-order valence-electron chi connectivity index (χ4n) is 6.33. The molecule has 0 bridgehead atoms. The topological polar surface area (TPSA) is 16.6 Å². The van der Waals surface area contributed by atoms with Gasteiger partial charge in [-0.15, -0.1) is 0 Å². The molecule has 0 aliphatic heterocycles. The van der Waals surface area contributed by atoms with Crippen molar-refractivity contribution in [1.82, 2.24) is 0 Å². The van der Waals surface area contributed by atoms with Crippen LogP contribution in [0.25, 0.3) is 0 Å². The molecular weight excluding hydrogens is 266 g/mol. The fourth-order valence-corrected chi connectivity index (χ4v) is 6.33. The van der Waals surface area contributed by atoms with Crippen molar-refractivity contribution in [2.45, 2.75) is 65.8 Å². The van der Waals surface area contributed by atoms with E-state index in [2.05, 4.69) is 59.1 Å². The highest BCUT2D eigenvalue weighted by Gasteiger charge is 2.59. The van der Waals surface area contributed by atoms with Crippen molar-refractivity contribution in [3.8, 4) is 0 Å². The van der Waals surface area contributed by atoms with Crippen LogP contribution in [0.4, 0.5) is 0 Å². The summed E-state index contributed by atoms with van der Waals surface area (Å²) in [4.78, 5) is 0. The van der Waals surface area contributed by atoms with Crippen LogP contribution in [0.3, 0.4) is 0 Å². The number of rotatable bonds is 2. The Kier molecular flexibility index (Phi) is 4.31. The molecule has 0 aromatic carbocycles. The number of hydrogen-bond donors (Lipinski definition) is 1. The maximum absolute atomic E-state index is 4.33. The van der Waals surface area contributed by atoms with Crippen molar-refractivity contribution in [3.63, 3.8) is 0 Å². The average Bonchev–Trinajstić information content (AvgIpc) is 2.46. The van der Waals surface area contributed by atoms with E-state index in [0.717, 1.165) is 35.5 Å². The Bertz CT molecular complexity index is 484. The molecule has 0 heterocycles. The lowest BCUT2D eigenvalue weighted by molar-refractivity contribution is -0.701. The van der Waals surface area contributed by atoms with Crippen LogP contribution in [0.2, 0.25) is 0 Å². The third kappa shape index (κ3) is 2.31. The Labute approximate surface area is 137 Å². The minimum Gasteiger partial charge on any atom is -0.473 e. The first-order chi connectivity index (χ1) is 10.4. The van der Waals surface area contributed by atoms with Gasteiger partial charge in [-0.25, -0.2) is 0 Å². The highest BCUT2D eigenvalue weighted by molar-refractivity contribution is 5.24. The van der Waals surface area contributed by atoms with Crippen molar-refractivity contribution >= 4 is 0 Å². The van der Waals surface area contributed by atoms with Crippen molar-refractivity contribution in [2.75, 3.05) is 0 Å². The van der Waals surface area contributed by atoms with Gasteiger partial charge >= 0.3 is 0 Å². The van der Waals surface area contributed by atoms with Crippen LogP contribution in [-0.2, 0) is 0 Å². The zero-order chi connectivity index (χ0) is 16.1. The van der Waals surface area contributed by atoms with Crippen LogP contribution in [-0.4, -0.2) is 5.54 Å². The van der Waals surface area contributed by atoms with Crippen LogP contribution < -0.4 is 5.32 Å². The zero-order valence-electron chi connectivity index (χ0n) is 15.2. The summed E-state index contributed by atoms with van der Waals surface area (Å²) in [5.41, 5.74) is 3.51. The van der Waals surface area contributed by atoms with E-state index in [4.69, 9.17) is 0 Å². The normalized spacial score (nSPS) is 47.5. The van der Waals surface area contributed by atoms with E-state index >= 15 is 0 Å². The Morgan fingerprint density at radius 1 is 1.32 bits per heavy atom. The number of quaternary nitrogens is 1. The molecule has 3 aliphatic carbocycles. The molecular formula is C21H35N. The van der Waals surface area contributed by atoms with Gasteiger partial charge in [-0.2, -0.15) is 7.05 Å². The maximum Gasteiger partial charge on any atom is 0.0821 e. The van der Waals surface area contributed by atoms with Gasteiger partial charge in [-0.3, -0.25) is 0 Å². The molecule has 0 amide bonds. The molecule has 2 fully saturated rings. The molecule has 124 valence electrons. The lowest BCUT2D eigenvalue weighted by Gasteiger charge is -2.61. The minimum absolute atomic E-state index is 0.357.